The minimum Gasteiger partial charge on any atom is -0.493 e. The normalized spacial score (nSPS) is 21.5. The van der Waals surface area contributed by atoms with Crippen LogP contribution in [0, 0.1) is 0 Å². The summed E-state index contributed by atoms with van der Waals surface area (Å²) in [6, 6.07) is 6.60. The molecule has 4 bridgehead atoms. The van der Waals surface area contributed by atoms with Gasteiger partial charge in [0.2, 0.25) is 11.5 Å². The van der Waals surface area contributed by atoms with Gasteiger partial charge in [-0.05, 0) is 76.0 Å². The van der Waals surface area contributed by atoms with Gasteiger partial charge in [-0.3, -0.25) is 4.79 Å². The molecule has 2 aliphatic rings. The van der Waals surface area contributed by atoms with Crippen LogP contribution in [0.3, 0.4) is 0 Å². The first-order valence-electron chi connectivity index (χ1n) is 15.9. The van der Waals surface area contributed by atoms with Crippen LogP contribution in [0.1, 0.15) is 52.8 Å². The first-order valence-corrected chi connectivity index (χ1v) is 15.9. The second-order valence-corrected chi connectivity index (χ2v) is 11.5. The zero-order chi connectivity index (χ0) is 33.1. The highest BCUT2D eigenvalue weighted by molar-refractivity contribution is 5.95. The summed E-state index contributed by atoms with van der Waals surface area (Å²) >= 11 is 0. The number of hydrogen-bond acceptors (Lipinski definition) is 11. The smallest absolute Gasteiger partial charge is 0.338 e. The lowest BCUT2D eigenvalue weighted by molar-refractivity contribution is 0.0221. The van der Waals surface area contributed by atoms with Crippen LogP contribution >= 0.6 is 0 Å². The van der Waals surface area contributed by atoms with E-state index >= 15 is 0 Å². The van der Waals surface area contributed by atoms with Crippen molar-refractivity contribution in [3.05, 3.63) is 35.4 Å². The molecule has 0 saturated carbocycles. The molecule has 0 N–H and O–H groups in total. The van der Waals surface area contributed by atoms with Crippen molar-refractivity contribution in [2.24, 2.45) is 0 Å². The van der Waals surface area contributed by atoms with E-state index < -0.39 is 5.97 Å². The van der Waals surface area contributed by atoms with Crippen molar-refractivity contribution >= 4 is 11.9 Å². The van der Waals surface area contributed by atoms with E-state index in [-0.39, 0.29) is 12.0 Å². The number of benzene rings is 2. The summed E-state index contributed by atoms with van der Waals surface area (Å²) in [4.78, 5) is 33.5. The SMILES string of the molecule is COc1cc(C(=O)OC2CCCOc3cc(cc(OC)c3OC)C(=O)N(C)CCCN3CCCN(CC2)CC3)cc(OC)c1OC. The Labute approximate surface area is 272 Å². The van der Waals surface area contributed by atoms with Crippen LogP contribution in [0.2, 0.25) is 0 Å². The molecule has 1 fully saturated rings. The topological polar surface area (TPSA) is 108 Å². The summed E-state index contributed by atoms with van der Waals surface area (Å²) in [5.74, 6) is 1.87. The van der Waals surface area contributed by atoms with Gasteiger partial charge in [-0.25, -0.2) is 4.79 Å². The molecular weight excluding hydrogens is 594 g/mol. The van der Waals surface area contributed by atoms with Crippen molar-refractivity contribution in [3.8, 4) is 34.5 Å². The summed E-state index contributed by atoms with van der Waals surface area (Å²) < 4.78 is 39.7. The van der Waals surface area contributed by atoms with Crippen LogP contribution in [-0.4, -0.2) is 128 Å². The van der Waals surface area contributed by atoms with Gasteiger partial charge in [0, 0.05) is 38.8 Å². The molecule has 1 saturated heterocycles. The highest BCUT2D eigenvalue weighted by atomic mass is 16.6. The third kappa shape index (κ3) is 8.88. The number of amides is 1. The summed E-state index contributed by atoms with van der Waals surface area (Å²) in [5.41, 5.74) is 0.783. The van der Waals surface area contributed by atoms with Crippen molar-refractivity contribution < 1.29 is 42.7 Å². The second-order valence-electron chi connectivity index (χ2n) is 11.5. The molecule has 0 aromatic heterocycles. The number of carbonyl (C=O) groups excluding carboxylic acids is 2. The number of methoxy groups -OCH3 is 5. The predicted octanol–water partition coefficient (Wildman–Crippen LogP) is 3.99. The van der Waals surface area contributed by atoms with E-state index in [0.717, 1.165) is 52.1 Å². The van der Waals surface area contributed by atoms with Gasteiger partial charge in [0.15, 0.2) is 23.0 Å². The Bertz CT molecular complexity index is 1300. The Morgan fingerprint density at radius 3 is 1.89 bits per heavy atom. The van der Waals surface area contributed by atoms with Gasteiger partial charge in [-0.2, -0.15) is 0 Å². The molecule has 2 aromatic carbocycles. The minimum atomic E-state index is -0.465. The highest BCUT2D eigenvalue weighted by Gasteiger charge is 2.24. The zero-order valence-corrected chi connectivity index (χ0v) is 28.1. The predicted molar refractivity (Wildman–Crippen MR) is 173 cm³/mol. The van der Waals surface area contributed by atoms with E-state index in [4.69, 9.17) is 33.2 Å². The fraction of sp³-hybridized carbons (Fsp3) is 0.588. The van der Waals surface area contributed by atoms with E-state index in [9.17, 15) is 9.59 Å². The van der Waals surface area contributed by atoms with Crippen LogP contribution in [0.25, 0.3) is 0 Å². The van der Waals surface area contributed by atoms with Crippen LogP contribution in [0.15, 0.2) is 24.3 Å². The molecule has 2 aliphatic heterocycles. The van der Waals surface area contributed by atoms with E-state index in [2.05, 4.69) is 9.80 Å². The summed E-state index contributed by atoms with van der Waals surface area (Å²) in [6.45, 7) is 6.60. The Balaban J connectivity index is 1.56. The Morgan fingerprint density at radius 2 is 1.28 bits per heavy atom. The quantitative estimate of drug-likeness (QED) is 0.409. The highest BCUT2D eigenvalue weighted by Crippen LogP contribution is 2.40. The van der Waals surface area contributed by atoms with Crippen LogP contribution in [-0.2, 0) is 4.74 Å². The Hall–Kier alpha value is -3.90. The number of hydrogen-bond donors (Lipinski definition) is 0. The van der Waals surface area contributed by atoms with Gasteiger partial charge in [0.25, 0.3) is 5.91 Å². The Kier molecular flexibility index (Phi) is 13.0. The maximum Gasteiger partial charge on any atom is 0.338 e. The average Bonchev–Trinajstić information content (AvgIpc) is 3.31. The number of carbonyl (C=O) groups is 2. The monoisotopic (exact) mass is 643 g/mol. The summed E-state index contributed by atoms with van der Waals surface area (Å²) in [6.07, 6.45) is 3.45. The third-order valence-electron chi connectivity index (χ3n) is 8.56. The molecule has 46 heavy (non-hydrogen) atoms. The average molecular weight is 644 g/mol. The van der Waals surface area contributed by atoms with Gasteiger partial charge in [-0.1, -0.05) is 0 Å². The number of ether oxygens (including phenoxy) is 7. The number of esters is 1. The first-order chi connectivity index (χ1) is 22.3. The molecule has 12 heteroatoms. The molecule has 0 aliphatic carbocycles. The fourth-order valence-corrected chi connectivity index (χ4v) is 5.99. The van der Waals surface area contributed by atoms with E-state index in [1.807, 2.05) is 7.05 Å². The van der Waals surface area contributed by atoms with Gasteiger partial charge in [-0.15, -0.1) is 0 Å². The van der Waals surface area contributed by atoms with Crippen molar-refractivity contribution in [1.82, 2.24) is 14.7 Å². The van der Waals surface area contributed by atoms with Crippen molar-refractivity contribution in [1.29, 1.82) is 0 Å². The van der Waals surface area contributed by atoms with Gasteiger partial charge >= 0.3 is 5.97 Å². The molecule has 0 spiro atoms. The van der Waals surface area contributed by atoms with Gasteiger partial charge < -0.3 is 47.9 Å². The molecule has 12 nitrogen and oxygen atoms in total. The molecule has 2 aromatic rings. The minimum absolute atomic E-state index is 0.107. The van der Waals surface area contributed by atoms with Gasteiger partial charge in [0.1, 0.15) is 6.10 Å². The number of nitrogens with zero attached hydrogens (tertiary/aromatic N) is 3. The molecule has 254 valence electrons. The lowest BCUT2D eigenvalue weighted by Gasteiger charge is -2.25. The van der Waals surface area contributed by atoms with Crippen LogP contribution in [0.5, 0.6) is 34.5 Å². The third-order valence-corrected chi connectivity index (χ3v) is 8.56. The first kappa shape index (κ1) is 35.0. The number of rotatable bonds is 7. The van der Waals surface area contributed by atoms with Crippen molar-refractivity contribution in [2.45, 2.75) is 38.2 Å². The fourth-order valence-electron chi connectivity index (χ4n) is 5.99. The lowest BCUT2D eigenvalue weighted by atomic mass is 10.1. The standard InChI is InChI=1S/C34H49N3O9/c1-35-12-8-13-36-14-9-15-37(18-17-36)16-11-26(46-34(39)25-22-28(41-3)31(43-5)29(23-25)42-4)10-7-19-45-30-21-24(33(35)38)20-27(40-2)32(30)44-6/h20-23,26H,7-19H2,1-6H3. The molecule has 3 atom stereocenters. The summed E-state index contributed by atoms with van der Waals surface area (Å²) in [7, 11) is 9.44. The molecule has 0 radical (unpaired) electrons. The molecular formula is C34H49N3O9. The van der Waals surface area contributed by atoms with E-state index in [1.165, 1.54) is 28.4 Å². The van der Waals surface area contributed by atoms with E-state index in [0.29, 0.717) is 78.0 Å². The van der Waals surface area contributed by atoms with Crippen molar-refractivity contribution in [3.63, 3.8) is 0 Å². The molecule has 3 unspecified atom stereocenters. The van der Waals surface area contributed by atoms with Crippen LogP contribution in [0.4, 0.5) is 0 Å². The molecule has 4 rings (SSSR count). The maximum atomic E-state index is 13.5. The zero-order valence-electron chi connectivity index (χ0n) is 28.1. The largest absolute Gasteiger partial charge is 0.493 e. The number of fused-ring (bicyclic) bond motifs is 5. The van der Waals surface area contributed by atoms with Gasteiger partial charge in [0.05, 0.1) is 47.7 Å². The Morgan fingerprint density at radius 1 is 0.696 bits per heavy atom. The second kappa shape index (κ2) is 17.1. The lowest BCUT2D eigenvalue weighted by Crippen LogP contribution is -2.35. The van der Waals surface area contributed by atoms with Crippen LogP contribution < -0.4 is 28.4 Å². The maximum absolute atomic E-state index is 13.5. The molecule has 2 heterocycles. The van der Waals surface area contributed by atoms with E-state index in [1.54, 1.807) is 36.3 Å². The molecule has 1 amide bonds. The van der Waals surface area contributed by atoms with Crippen molar-refractivity contribution in [2.75, 3.05) is 95.0 Å². The summed E-state index contributed by atoms with van der Waals surface area (Å²) in [5, 5.41) is 0.